The molecule has 1 rings (SSSR count). The molecule has 0 heterocycles. The summed E-state index contributed by atoms with van der Waals surface area (Å²) in [6, 6.07) is 5.86. The van der Waals surface area contributed by atoms with Gasteiger partial charge in [0, 0.05) is 17.3 Å². The first kappa shape index (κ1) is 15.1. The first-order valence-electron chi connectivity index (χ1n) is 5.66. The van der Waals surface area contributed by atoms with Gasteiger partial charge in [-0.25, -0.2) is 0 Å². The zero-order valence-corrected chi connectivity index (χ0v) is 10.6. The Morgan fingerprint density at radius 1 is 1.37 bits per heavy atom. The maximum atomic E-state index is 12.6. The Kier molecular flexibility index (Phi) is 4.63. The van der Waals surface area contributed by atoms with Gasteiger partial charge in [-0.05, 0) is 26.0 Å². The second-order valence-electron chi connectivity index (χ2n) is 4.34. The van der Waals surface area contributed by atoms with Gasteiger partial charge in [-0.15, -0.1) is 0 Å². The van der Waals surface area contributed by atoms with E-state index in [1.165, 1.54) is 12.1 Å². The summed E-state index contributed by atoms with van der Waals surface area (Å²) in [7, 11) is 0. The number of nitrogens with zero attached hydrogens (tertiary/aromatic N) is 2. The molecule has 0 radical (unpaired) electrons. The van der Waals surface area contributed by atoms with Crippen LogP contribution in [-0.2, 0) is 0 Å². The molecule has 0 amide bonds. The molecule has 106 valence electrons. The molecule has 0 saturated heterocycles. The molecule has 0 unspecified atom stereocenters. The van der Waals surface area contributed by atoms with Crippen molar-refractivity contribution >= 4 is 11.5 Å². The zero-order chi connectivity index (χ0) is 14.6. The highest BCUT2D eigenvalue weighted by Crippen LogP contribution is 2.27. The van der Waals surface area contributed by atoms with Crippen molar-refractivity contribution in [2.45, 2.75) is 26.1 Å². The van der Waals surface area contributed by atoms with Gasteiger partial charge in [-0.3, -0.25) is 0 Å². The Morgan fingerprint density at radius 2 is 1.95 bits per heavy atom. The second kappa shape index (κ2) is 5.81. The third kappa shape index (κ3) is 4.04. The number of hydrogen-bond donors (Lipinski definition) is 2. The van der Waals surface area contributed by atoms with E-state index in [-0.39, 0.29) is 23.1 Å². The highest BCUT2D eigenvalue weighted by Gasteiger charge is 2.33. The van der Waals surface area contributed by atoms with Crippen LogP contribution in [0.25, 0.3) is 0 Å². The topological polar surface area (TPSA) is 61.8 Å². The molecule has 0 bridgehead atoms. The van der Waals surface area contributed by atoms with Crippen LogP contribution in [0.3, 0.4) is 0 Å². The molecule has 4 nitrogen and oxygen atoms in total. The fourth-order valence-electron chi connectivity index (χ4n) is 1.73. The molecule has 0 fully saturated rings. The molecule has 0 spiro atoms. The van der Waals surface area contributed by atoms with Crippen LogP contribution in [-0.4, -0.2) is 29.8 Å². The molecule has 0 aliphatic rings. The summed E-state index contributed by atoms with van der Waals surface area (Å²) in [5.41, 5.74) is 6.04. The number of rotatable bonds is 4. The van der Waals surface area contributed by atoms with Crippen molar-refractivity contribution in [3.8, 4) is 0 Å². The van der Waals surface area contributed by atoms with Gasteiger partial charge in [0.05, 0.1) is 0 Å². The molecule has 0 aliphatic heterocycles. The molecule has 19 heavy (non-hydrogen) atoms. The number of nitrogens with two attached hydrogens (primary N) is 1. The van der Waals surface area contributed by atoms with Gasteiger partial charge in [0.25, 0.3) is 0 Å². The van der Waals surface area contributed by atoms with Gasteiger partial charge in [-0.1, -0.05) is 17.3 Å². The molecule has 7 heteroatoms. The van der Waals surface area contributed by atoms with Gasteiger partial charge in [-0.2, -0.15) is 13.2 Å². The van der Waals surface area contributed by atoms with Crippen LogP contribution in [0, 0.1) is 0 Å². The third-order valence-corrected chi connectivity index (χ3v) is 2.57. The molecule has 1 aromatic carbocycles. The van der Waals surface area contributed by atoms with Crippen molar-refractivity contribution in [3.63, 3.8) is 0 Å². The summed E-state index contributed by atoms with van der Waals surface area (Å²) in [5.74, 6) is -0.219. The smallest absolute Gasteiger partial charge is 0.405 e. The van der Waals surface area contributed by atoms with E-state index in [1.54, 1.807) is 26.0 Å². The highest BCUT2D eigenvalue weighted by molar-refractivity contribution is 6.02. The summed E-state index contributed by atoms with van der Waals surface area (Å²) < 4.78 is 37.8. The fraction of sp³-hybridized carbons (Fsp3) is 0.417. The fourth-order valence-corrected chi connectivity index (χ4v) is 1.73. The van der Waals surface area contributed by atoms with E-state index in [0.717, 1.165) is 4.90 Å². The van der Waals surface area contributed by atoms with Crippen molar-refractivity contribution in [2.75, 3.05) is 11.4 Å². The maximum absolute atomic E-state index is 12.6. The largest absolute Gasteiger partial charge is 0.409 e. The SMILES string of the molecule is CC(C)N(CC(F)(F)F)c1ccccc1C(N)=NO. The monoisotopic (exact) mass is 275 g/mol. The molecule has 0 atom stereocenters. The minimum Gasteiger partial charge on any atom is -0.409 e. The van der Waals surface area contributed by atoms with Crippen molar-refractivity contribution < 1.29 is 18.4 Å². The number of para-hydroxylation sites is 1. The van der Waals surface area contributed by atoms with Crippen molar-refractivity contribution in [3.05, 3.63) is 29.8 Å². The lowest BCUT2D eigenvalue weighted by atomic mass is 10.1. The molecule has 0 aromatic heterocycles. The van der Waals surface area contributed by atoms with Crippen LogP contribution in [0.2, 0.25) is 0 Å². The molecular formula is C12H16F3N3O. The van der Waals surface area contributed by atoms with Crippen molar-refractivity contribution in [1.29, 1.82) is 0 Å². The summed E-state index contributed by atoms with van der Waals surface area (Å²) >= 11 is 0. The second-order valence-corrected chi connectivity index (χ2v) is 4.34. The Bertz CT molecular complexity index is 458. The number of alkyl halides is 3. The van der Waals surface area contributed by atoms with Gasteiger partial charge in [0.2, 0.25) is 0 Å². The van der Waals surface area contributed by atoms with E-state index in [1.807, 2.05) is 0 Å². The lowest BCUT2D eigenvalue weighted by molar-refractivity contribution is -0.120. The number of amidine groups is 1. The lowest BCUT2D eigenvalue weighted by Gasteiger charge is -2.31. The zero-order valence-electron chi connectivity index (χ0n) is 10.6. The summed E-state index contributed by atoms with van der Waals surface area (Å²) in [4.78, 5) is 1.16. The number of halogens is 3. The normalized spacial score (nSPS) is 12.8. The summed E-state index contributed by atoms with van der Waals surface area (Å²) in [6.45, 7) is 2.20. The number of anilines is 1. The quantitative estimate of drug-likeness (QED) is 0.384. The van der Waals surface area contributed by atoms with Crippen LogP contribution in [0.1, 0.15) is 19.4 Å². The number of oxime groups is 1. The predicted octanol–water partition coefficient (Wildman–Crippen LogP) is 2.56. The molecule has 0 saturated carbocycles. The molecule has 1 aromatic rings. The van der Waals surface area contributed by atoms with E-state index in [9.17, 15) is 13.2 Å². The molecule has 0 aliphatic carbocycles. The summed E-state index contributed by atoms with van der Waals surface area (Å²) in [6.07, 6.45) is -4.33. The maximum Gasteiger partial charge on any atom is 0.405 e. The van der Waals surface area contributed by atoms with Crippen LogP contribution < -0.4 is 10.6 Å². The van der Waals surface area contributed by atoms with Crippen LogP contribution in [0.4, 0.5) is 18.9 Å². The minimum atomic E-state index is -4.33. The number of benzene rings is 1. The molecule has 3 N–H and O–H groups in total. The average Bonchev–Trinajstić information content (AvgIpc) is 2.33. The average molecular weight is 275 g/mol. The Labute approximate surface area is 109 Å². The molecular weight excluding hydrogens is 259 g/mol. The Hall–Kier alpha value is -1.92. The van der Waals surface area contributed by atoms with Crippen molar-refractivity contribution in [2.24, 2.45) is 10.9 Å². The predicted molar refractivity (Wildman–Crippen MR) is 67.5 cm³/mol. The van der Waals surface area contributed by atoms with Crippen molar-refractivity contribution in [1.82, 2.24) is 0 Å². The van der Waals surface area contributed by atoms with E-state index in [0.29, 0.717) is 0 Å². The minimum absolute atomic E-state index is 0.219. The van der Waals surface area contributed by atoms with E-state index in [4.69, 9.17) is 10.9 Å². The first-order chi connectivity index (χ1) is 8.76. The highest BCUT2D eigenvalue weighted by atomic mass is 19.4. The van der Waals surface area contributed by atoms with Crippen LogP contribution >= 0.6 is 0 Å². The van der Waals surface area contributed by atoms with Gasteiger partial charge in [0.1, 0.15) is 6.54 Å². The van der Waals surface area contributed by atoms with Gasteiger partial charge in [0.15, 0.2) is 5.84 Å². The Morgan fingerprint density at radius 3 is 2.42 bits per heavy atom. The van der Waals surface area contributed by atoms with Crippen LogP contribution in [0.5, 0.6) is 0 Å². The lowest BCUT2D eigenvalue weighted by Crippen LogP contribution is -2.40. The van der Waals surface area contributed by atoms with E-state index >= 15 is 0 Å². The van der Waals surface area contributed by atoms with Crippen LogP contribution in [0.15, 0.2) is 29.4 Å². The summed E-state index contributed by atoms with van der Waals surface area (Å²) in [5, 5.41) is 11.5. The first-order valence-corrected chi connectivity index (χ1v) is 5.66. The van der Waals surface area contributed by atoms with E-state index in [2.05, 4.69) is 5.16 Å². The third-order valence-electron chi connectivity index (χ3n) is 2.57. The van der Waals surface area contributed by atoms with Gasteiger partial charge < -0.3 is 15.8 Å². The standard InChI is InChI=1S/C12H16F3N3O/c1-8(2)18(7-12(13,14)15)10-6-4-3-5-9(10)11(16)17-19/h3-6,8,19H,7H2,1-2H3,(H2,16,17). The Balaban J connectivity index is 3.24. The van der Waals surface area contributed by atoms with Gasteiger partial charge >= 0.3 is 6.18 Å². The number of hydrogen-bond acceptors (Lipinski definition) is 3. The van der Waals surface area contributed by atoms with E-state index < -0.39 is 12.7 Å².